The largest absolute Gasteiger partial charge is 0.497 e. The van der Waals surface area contributed by atoms with Crippen LogP contribution in [0.25, 0.3) is 0 Å². The molecule has 1 atom stereocenters. The van der Waals surface area contributed by atoms with Gasteiger partial charge < -0.3 is 15.0 Å². The molecule has 8 nitrogen and oxygen atoms in total. The molecule has 0 bridgehead atoms. The maximum absolute atomic E-state index is 13.8. The summed E-state index contributed by atoms with van der Waals surface area (Å²) in [5, 5.41) is 3.24. The minimum atomic E-state index is -4.16. The minimum absolute atomic E-state index is 0.00988. The Balaban J connectivity index is 2.04. The van der Waals surface area contributed by atoms with Crippen molar-refractivity contribution in [1.82, 2.24) is 10.2 Å². The molecule has 3 aromatic rings. The second-order valence-corrected chi connectivity index (χ2v) is 11.0. The van der Waals surface area contributed by atoms with Crippen LogP contribution in [0.1, 0.15) is 18.9 Å². The van der Waals surface area contributed by atoms with E-state index in [1.165, 1.54) is 43.3 Å². The number of benzene rings is 3. The van der Waals surface area contributed by atoms with Gasteiger partial charge in [0, 0.05) is 13.6 Å². The summed E-state index contributed by atoms with van der Waals surface area (Å²) in [6, 6.07) is 18.3. The van der Waals surface area contributed by atoms with Gasteiger partial charge in [-0.15, -0.1) is 0 Å². The van der Waals surface area contributed by atoms with Gasteiger partial charge in [-0.05, 0) is 60.5 Å². The molecule has 0 saturated heterocycles. The first-order valence-corrected chi connectivity index (χ1v) is 14.0. The number of nitrogens with one attached hydrogen (secondary N) is 1. The molecule has 0 aliphatic heterocycles. The summed E-state index contributed by atoms with van der Waals surface area (Å²) >= 11 is 12.2. The van der Waals surface area contributed by atoms with E-state index in [2.05, 4.69) is 5.32 Å². The number of para-hydroxylation sites is 1. The number of rotatable bonds is 11. The number of methoxy groups -OCH3 is 1. The van der Waals surface area contributed by atoms with E-state index in [-0.39, 0.29) is 17.3 Å². The van der Waals surface area contributed by atoms with E-state index in [0.717, 1.165) is 4.31 Å². The zero-order valence-electron chi connectivity index (χ0n) is 21.2. The van der Waals surface area contributed by atoms with Gasteiger partial charge in [-0.1, -0.05) is 54.4 Å². The zero-order chi connectivity index (χ0) is 27.9. The van der Waals surface area contributed by atoms with Crippen molar-refractivity contribution in [3.05, 3.63) is 88.4 Å². The van der Waals surface area contributed by atoms with E-state index in [9.17, 15) is 18.0 Å². The minimum Gasteiger partial charge on any atom is -0.497 e. The van der Waals surface area contributed by atoms with Crippen LogP contribution in [0.4, 0.5) is 5.69 Å². The van der Waals surface area contributed by atoms with Gasteiger partial charge in [0.1, 0.15) is 18.3 Å². The van der Waals surface area contributed by atoms with Crippen LogP contribution < -0.4 is 14.4 Å². The van der Waals surface area contributed by atoms with Crippen molar-refractivity contribution < 1.29 is 22.7 Å². The summed E-state index contributed by atoms with van der Waals surface area (Å²) in [4.78, 5) is 27.9. The number of anilines is 1. The molecule has 0 aliphatic carbocycles. The lowest BCUT2D eigenvalue weighted by Gasteiger charge is -2.33. The van der Waals surface area contributed by atoms with Crippen molar-refractivity contribution in [2.45, 2.75) is 30.8 Å². The smallest absolute Gasteiger partial charge is 0.264 e. The number of amides is 2. The van der Waals surface area contributed by atoms with E-state index >= 15 is 0 Å². The second kappa shape index (κ2) is 13.0. The van der Waals surface area contributed by atoms with Gasteiger partial charge in [0.25, 0.3) is 10.0 Å². The third kappa shape index (κ3) is 6.78. The quantitative estimate of drug-likeness (QED) is 0.354. The van der Waals surface area contributed by atoms with Gasteiger partial charge in [-0.25, -0.2) is 8.42 Å². The first-order chi connectivity index (χ1) is 18.1. The van der Waals surface area contributed by atoms with Gasteiger partial charge in [-0.2, -0.15) is 0 Å². The maximum atomic E-state index is 13.8. The lowest BCUT2D eigenvalue weighted by molar-refractivity contribution is -0.140. The highest BCUT2D eigenvalue weighted by Crippen LogP contribution is 2.27. The van der Waals surface area contributed by atoms with Crippen LogP contribution in [-0.2, 0) is 26.2 Å². The standard InChI is InChI=1S/C27H29Cl2N3O5S/c1-4-25(27(34)30-2)31(17-19-10-15-23(28)24(29)16-19)26(33)18-32(20-8-6-5-7-9-20)38(35,36)22-13-11-21(37-3)12-14-22/h5-16,25H,4,17-18H2,1-3H3,(H,30,34)/t25-/m1/s1. The number of sulfonamides is 1. The molecule has 0 unspecified atom stereocenters. The molecule has 11 heteroatoms. The molecule has 1 N–H and O–H groups in total. The van der Waals surface area contributed by atoms with E-state index in [4.69, 9.17) is 27.9 Å². The van der Waals surface area contributed by atoms with Crippen molar-refractivity contribution in [3.8, 4) is 5.75 Å². The SMILES string of the molecule is CC[C@H](C(=O)NC)N(Cc1ccc(Cl)c(Cl)c1)C(=O)CN(c1ccccc1)S(=O)(=O)c1ccc(OC)cc1. The summed E-state index contributed by atoms with van der Waals surface area (Å²) in [6.45, 7) is 1.26. The molecule has 3 aromatic carbocycles. The van der Waals surface area contributed by atoms with Gasteiger partial charge in [0.05, 0.1) is 27.7 Å². The Labute approximate surface area is 233 Å². The van der Waals surface area contributed by atoms with E-state index in [0.29, 0.717) is 33.5 Å². The molecule has 0 aliphatic rings. The van der Waals surface area contributed by atoms with E-state index < -0.39 is 28.5 Å². The molecule has 3 rings (SSSR count). The molecule has 0 fully saturated rings. The van der Waals surface area contributed by atoms with Crippen LogP contribution in [0.5, 0.6) is 5.75 Å². The monoisotopic (exact) mass is 577 g/mol. The average Bonchev–Trinajstić information content (AvgIpc) is 2.93. The maximum Gasteiger partial charge on any atom is 0.264 e. The molecule has 0 spiro atoms. The third-order valence-corrected chi connectivity index (χ3v) is 8.47. The predicted octanol–water partition coefficient (Wildman–Crippen LogP) is 4.75. The number of ether oxygens (including phenoxy) is 1. The second-order valence-electron chi connectivity index (χ2n) is 8.33. The number of halogens is 2. The van der Waals surface area contributed by atoms with Crippen molar-refractivity contribution in [3.63, 3.8) is 0 Å². The van der Waals surface area contributed by atoms with Crippen LogP contribution >= 0.6 is 23.2 Å². The first-order valence-electron chi connectivity index (χ1n) is 11.8. The number of carbonyl (C=O) groups is 2. The molecular formula is C27H29Cl2N3O5S. The Morgan fingerprint density at radius 1 is 0.974 bits per heavy atom. The Hall–Kier alpha value is -3.27. The van der Waals surface area contributed by atoms with Crippen molar-refractivity contribution in [2.75, 3.05) is 25.0 Å². The summed E-state index contributed by atoms with van der Waals surface area (Å²) < 4.78 is 33.7. The summed E-state index contributed by atoms with van der Waals surface area (Å²) in [7, 11) is -1.19. The highest BCUT2D eigenvalue weighted by atomic mass is 35.5. The van der Waals surface area contributed by atoms with Gasteiger partial charge in [0.2, 0.25) is 11.8 Å². The molecular weight excluding hydrogens is 549 g/mol. The van der Waals surface area contributed by atoms with Gasteiger partial charge in [-0.3, -0.25) is 13.9 Å². The third-order valence-electron chi connectivity index (χ3n) is 5.94. The van der Waals surface area contributed by atoms with Gasteiger partial charge >= 0.3 is 0 Å². The predicted molar refractivity (Wildman–Crippen MR) is 149 cm³/mol. The molecule has 0 radical (unpaired) electrons. The molecule has 2 amide bonds. The lowest BCUT2D eigenvalue weighted by atomic mass is 10.1. The highest BCUT2D eigenvalue weighted by molar-refractivity contribution is 7.92. The topological polar surface area (TPSA) is 96.0 Å². The van der Waals surface area contributed by atoms with Gasteiger partial charge in [0.15, 0.2) is 0 Å². The fourth-order valence-electron chi connectivity index (χ4n) is 3.92. The molecule has 0 heterocycles. The summed E-state index contributed by atoms with van der Waals surface area (Å²) in [6.07, 6.45) is 0.309. The lowest BCUT2D eigenvalue weighted by Crippen LogP contribution is -2.51. The van der Waals surface area contributed by atoms with Crippen LogP contribution in [0.3, 0.4) is 0 Å². The first kappa shape index (κ1) is 29.3. The number of hydrogen-bond acceptors (Lipinski definition) is 5. The Bertz CT molecular complexity index is 1370. The van der Waals surface area contributed by atoms with Crippen LogP contribution in [0, 0.1) is 0 Å². The molecule has 202 valence electrons. The van der Waals surface area contributed by atoms with Crippen LogP contribution in [0.2, 0.25) is 10.0 Å². The number of likely N-dealkylation sites (N-methyl/N-ethyl adjacent to an activating group) is 1. The van der Waals surface area contributed by atoms with E-state index in [1.54, 1.807) is 55.5 Å². The average molecular weight is 579 g/mol. The van der Waals surface area contributed by atoms with Crippen LogP contribution in [0.15, 0.2) is 77.7 Å². The van der Waals surface area contributed by atoms with Crippen molar-refractivity contribution in [2.24, 2.45) is 0 Å². The van der Waals surface area contributed by atoms with Crippen molar-refractivity contribution in [1.29, 1.82) is 0 Å². The Morgan fingerprint density at radius 3 is 2.18 bits per heavy atom. The Morgan fingerprint density at radius 2 is 1.63 bits per heavy atom. The zero-order valence-corrected chi connectivity index (χ0v) is 23.6. The van der Waals surface area contributed by atoms with Crippen molar-refractivity contribution >= 4 is 50.7 Å². The molecule has 38 heavy (non-hydrogen) atoms. The summed E-state index contributed by atoms with van der Waals surface area (Å²) in [5.74, 6) is -0.437. The fraction of sp³-hybridized carbons (Fsp3) is 0.259. The number of hydrogen-bond donors (Lipinski definition) is 1. The number of nitrogens with zero attached hydrogens (tertiary/aromatic N) is 2. The normalized spacial score (nSPS) is 11.9. The van der Waals surface area contributed by atoms with Crippen LogP contribution in [-0.4, -0.2) is 51.9 Å². The summed E-state index contributed by atoms with van der Waals surface area (Å²) in [5.41, 5.74) is 0.943. The highest BCUT2D eigenvalue weighted by Gasteiger charge is 2.33. The van der Waals surface area contributed by atoms with E-state index in [1.807, 2.05) is 0 Å². The molecule has 0 saturated carbocycles. The Kier molecular flexibility index (Phi) is 10.0. The molecule has 0 aromatic heterocycles. The number of carbonyl (C=O) groups excluding carboxylic acids is 2. The fourth-order valence-corrected chi connectivity index (χ4v) is 5.65.